The minimum Gasteiger partial charge on any atom is -0.392 e. The molecule has 304 valence electrons. The summed E-state index contributed by atoms with van der Waals surface area (Å²) in [6, 6.07) is 31.6. The van der Waals surface area contributed by atoms with Crippen LogP contribution in [-0.2, 0) is 22.6 Å². The highest BCUT2D eigenvalue weighted by molar-refractivity contribution is 6.21. The average molecular weight is 773 g/mol. The number of imide groups is 1. The predicted octanol–water partition coefficient (Wildman–Crippen LogP) is 11.5. The van der Waals surface area contributed by atoms with Crippen LogP contribution < -0.4 is 0 Å². The molecule has 2 aliphatic rings. The molecule has 4 aromatic carbocycles. The third-order valence-corrected chi connectivity index (χ3v) is 11.9. The van der Waals surface area contributed by atoms with E-state index >= 15 is 0 Å². The highest BCUT2D eigenvalue weighted by Gasteiger charge is 2.39. The van der Waals surface area contributed by atoms with Gasteiger partial charge in [0.25, 0.3) is 11.8 Å². The lowest BCUT2D eigenvalue weighted by Crippen LogP contribution is -2.45. The molecule has 2 aliphatic heterocycles. The summed E-state index contributed by atoms with van der Waals surface area (Å²) in [7, 11) is 0. The molecule has 2 heterocycles. The van der Waals surface area contributed by atoms with Crippen LogP contribution in [-0.4, -0.2) is 52.5 Å². The Bertz CT molecular complexity index is 1810. The van der Waals surface area contributed by atoms with Crippen LogP contribution in [0, 0.1) is 5.92 Å². The van der Waals surface area contributed by atoms with E-state index < -0.39 is 6.29 Å². The standard InChI is InChI=1S/C50H64N2O5/c1-4-6-8-10-12-16-31-51(32-17-13-11-9-7-5-2)35-46-37(3)47(41-25-23-38(36-53)24-26-41)57-50(56-46)42-29-27-40(28-30-42)43-20-18-19-39(33-43)34-52-48(54)44-21-14-15-22-45(44)49(52)55/h14-15,18-30,33,37,46-47,50,53H,4-13,16-17,31-32,34-36H2,1-3H3. The molecule has 4 atom stereocenters. The Morgan fingerprint density at radius 3 is 1.79 bits per heavy atom. The first kappa shape index (κ1) is 42.5. The van der Waals surface area contributed by atoms with E-state index in [9.17, 15) is 14.7 Å². The molecule has 7 heteroatoms. The smallest absolute Gasteiger partial charge is 0.261 e. The second kappa shape index (κ2) is 21.6. The lowest BCUT2D eigenvalue weighted by atomic mass is 9.89. The van der Waals surface area contributed by atoms with Crippen molar-refractivity contribution in [3.63, 3.8) is 0 Å². The van der Waals surface area contributed by atoms with Crippen molar-refractivity contribution in [2.75, 3.05) is 19.6 Å². The number of unbranched alkanes of at least 4 members (excludes halogenated alkanes) is 10. The Balaban J connectivity index is 1.17. The summed E-state index contributed by atoms with van der Waals surface area (Å²) >= 11 is 0. The van der Waals surface area contributed by atoms with Crippen LogP contribution in [0.15, 0.2) is 97.1 Å². The number of benzene rings is 4. The molecule has 1 fully saturated rings. The molecule has 0 aromatic heterocycles. The van der Waals surface area contributed by atoms with Crippen molar-refractivity contribution in [1.82, 2.24) is 9.80 Å². The molecular formula is C50H64N2O5. The summed E-state index contributed by atoms with van der Waals surface area (Å²) in [6.07, 6.45) is 14.7. The minimum absolute atomic E-state index is 0.0135. The van der Waals surface area contributed by atoms with Crippen molar-refractivity contribution in [3.05, 3.63) is 130 Å². The number of fused-ring (bicyclic) bond motifs is 1. The largest absolute Gasteiger partial charge is 0.392 e. The van der Waals surface area contributed by atoms with Gasteiger partial charge in [0.15, 0.2) is 6.29 Å². The molecule has 0 spiro atoms. The van der Waals surface area contributed by atoms with Gasteiger partial charge in [-0.05, 0) is 71.9 Å². The van der Waals surface area contributed by atoms with Crippen LogP contribution in [0.2, 0.25) is 0 Å². The number of carbonyl (C=O) groups is 2. The van der Waals surface area contributed by atoms with E-state index in [1.165, 1.54) is 81.9 Å². The Kier molecular flexibility index (Phi) is 16.1. The van der Waals surface area contributed by atoms with Gasteiger partial charge in [-0.15, -0.1) is 0 Å². The lowest BCUT2D eigenvalue weighted by Gasteiger charge is -2.43. The maximum absolute atomic E-state index is 13.0. The average Bonchev–Trinajstić information content (AvgIpc) is 3.48. The molecule has 2 amide bonds. The van der Waals surface area contributed by atoms with Crippen LogP contribution in [0.4, 0.5) is 0 Å². The fourth-order valence-corrected chi connectivity index (χ4v) is 8.36. The zero-order valence-electron chi connectivity index (χ0n) is 34.5. The molecule has 6 rings (SSSR count). The van der Waals surface area contributed by atoms with E-state index in [2.05, 4.69) is 74.2 Å². The molecule has 0 saturated carbocycles. The minimum atomic E-state index is -0.534. The van der Waals surface area contributed by atoms with Gasteiger partial charge in [-0.2, -0.15) is 0 Å². The number of ether oxygens (including phenoxy) is 2. The summed E-state index contributed by atoms with van der Waals surface area (Å²) < 4.78 is 13.8. The van der Waals surface area contributed by atoms with Gasteiger partial charge in [-0.1, -0.05) is 164 Å². The lowest BCUT2D eigenvalue weighted by molar-refractivity contribution is -0.276. The van der Waals surface area contributed by atoms with Crippen molar-refractivity contribution in [2.45, 2.75) is 129 Å². The number of aliphatic hydroxyl groups excluding tert-OH is 1. The van der Waals surface area contributed by atoms with Crippen molar-refractivity contribution in [3.8, 4) is 11.1 Å². The maximum Gasteiger partial charge on any atom is 0.261 e. The highest BCUT2D eigenvalue weighted by atomic mass is 16.7. The van der Waals surface area contributed by atoms with Gasteiger partial charge in [0.2, 0.25) is 0 Å². The zero-order chi connectivity index (χ0) is 40.0. The summed E-state index contributed by atoms with van der Waals surface area (Å²) in [4.78, 5) is 30.1. The number of hydrogen-bond donors (Lipinski definition) is 1. The Morgan fingerprint density at radius 1 is 0.614 bits per heavy atom. The van der Waals surface area contributed by atoms with E-state index in [0.29, 0.717) is 11.1 Å². The summed E-state index contributed by atoms with van der Waals surface area (Å²) in [5, 5.41) is 9.74. The normalized spacial score (nSPS) is 19.4. The number of hydrogen-bond acceptors (Lipinski definition) is 6. The van der Waals surface area contributed by atoms with Crippen molar-refractivity contribution in [1.29, 1.82) is 0 Å². The number of aliphatic hydroxyl groups is 1. The van der Waals surface area contributed by atoms with Crippen molar-refractivity contribution in [2.24, 2.45) is 5.92 Å². The fourth-order valence-electron chi connectivity index (χ4n) is 8.36. The predicted molar refractivity (Wildman–Crippen MR) is 229 cm³/mol. The van der Waals surface area contributed by atoms with Gasteiger partial charge in [0.05, 0.1) is 36.5 Å². The topological polar surface area (TPSA) is 79.3 Å². The number of nitrogens with zero attached hydrogens (tertiary/aromatic N) is 2. The quantitative estimate of drug-likeness (QED) is 0.0633. The Hall–Kier alpha value is -4.14. The molecule has 57 heavy (non-hydrogen) atoms. The third kappa shape index (κ3) is 11.3. The monoisotopic (exact) mass is 772 g/mol. The van der Waals surface area contributed by atoms with E-state index in [4.69, 9.17) is 9.47 Å². The molecule has 1 saturated heterocycles. The van der Waals surface area contributed by atoms with E-state index in [0.717, 1.165) is 53.0 Å². The molecule has 0 radical (unpaired) electrons. The Labute approximate surface area is 341 Å². The van der Waals surface area contributed by atoms with E-state index in [1.54, 1.807) is 24.3 Å². The summed E-state index contributed by atoms with van der Waals surface area (Å²) in [5.41, 5.74) is 6.81. The first-order valence-electron chi connectivity index (χ1n) is 21.8. The van der Waals surface area contributed by atoms with Crippen LogP contribution in [0.3, 0.4) is 0 Å². The van der Waals surface area contributed by atoms with Crippen LogP contribution in [0.1, 0.15) is 153 Å². The van der Waals surface area contributed by atoms with E-state index in [-0.39, 0.29) is 43.1 Å². The van der Waals surface area contributed by atoms with Gasteiger partial charge in [0, 0.05) is 18.0 Å². The third-order valence-electron chi connectivity index (χ3n) is 11.9. The fraction of sp³-hybridized carbons (Fsp3) is 0.480. The molecule has 1 N–H and O–H groups in total. The SMILES string of the molecule is CCCCCCCCN(CCCCCCCC)CC1OC(c2ccc(-c3cccc(CN4C(=O)c5ccccc5C4=O)c3)cc2)OC(c2ccc(CO)cc2)C1C. The van der Waals surface area contributed by atoms with Crippen LogP contribution in [0.5, 0.6) is 0 Å². The second-order valence-corrected chi connectivity index (χ2v) is 16.2. The van der Waals surface area contributed by atoms with Gasteiger partial charge in [-0.25, -0.2) is 0 Å². The Morgan fingerprint density at radius 2 is 1.19 bits per heavy atom. The molecule has 4 unspecified atom stereocenters. The van der Waals surface area contributed by atoms with Crippen molar-refractivity contribution >= 4 is 11.8 Å². The van der Waals surface area contributed by atoms with Gasteiger partial charge >= 0.3 is 0 Å². The van der Waals surface area contributed by atoms with E-state index in [1.807, 2.05) is 24.3 Å². The first-order chi connectivity index (χ1) is 27.9. The highest BCUT2D eigenvalue weighted by Crippen LogP contribution is 2.42. The number of rotatable bonds is 22. The molecule has 0 bridgehead atoms. The number of amides is 2. The maximum atomic E-state index is 13.0. The van der Waals surface area contributed by atoms with Gasteiger partial charge in [-0.3, -0.25) is 14.5 Å². The van der Waals surface area contributed by atoms with Gasteiger partial charge in [0.1, 0.15) is 0 Å². The molecule has 4 aromatic rings. The zero-order valence-corrected chi connectivity index (χ0v) is 34.5. The van der Waals surface area contributed by atoms with Crippen LogP contribution in [0.25, 0.3) is 11.1 Å². The number of carbonyl (C=O) groups excluding carboxylic acids is 2. The molecule has 7 nitrogen and oxygen atoms in total. The van der Waals surface area contributed by atoms with Crippen LogP contribution >= 0.6 is 0 Å². The summed E-state index contributed by atoms with van der Waals surface area (Å²) in [6.45, 7) is 10.1. The summed E-state index contributed by atoms with van der Waals surface area (Å²) in [5.74, 6) is -0.371. The van der Waals surface area contributed by atoms with Gasteiger partial charge < -0.3 is 19.5 Å². The molecule has 0 aliphatic carbocycles. The molecular weight excluding hydrogens is 709 g/mol. The second-order valence-electron chi connectivity index (χ2n) is 16.2. The first-order valence-corrected chi connectivity index (χ1v) is 21.8. The van der Waals surface area contributed by atoms with Crippen molar-refractivity contribution < 1.29 is 24.2 Å².